The summed E-state index contributed by atoms with van der Waals surface area (Å²) >= 11 is 0. The number of carbonyl (C=O) groups excluding carboxylic acids is 1. The number of benzene rings is 1. The summed E-state index contributed by atoms with van der Waals surface area (Å²) in [6.07, 6.45) is -2.75. The largest absolute Gasteiger partial charge is 0.465 e. The maximum absolute atomic E-state index is 13.4. The van der Waals surface area contributed by atoms with Crippen LogP contribution in [0, 0.1) is 12.3 Å². The Labute approximate surface area is 152 Å². The molecule has 1 heterocycles. The number of carbonyl (C=O) groups is 1. The highest BCUT2D eigenvalue weighted by molar-refractivity contribution is 5.93. The number of esters is 1. The van der Waals surface area contributed by atoms with Gasteiger partial charge in [-0.1, -0.05) is 20.8 Å². The number of hydrogen-bond donors (Lipinski definition) is 1. The van der Waals surface area contributed by atoms with Gasteiger partial charge in [0, 0.05) is 18.4 Å². The van der Waals surface area contributed by atoms with Crippen molar-refractivity contribution < 1.29 is 22.7 Å². The number of hydrogen-bond acceptors (Lipinski definition) is 4. The van der Waals surface area contributed by atoms with Gasteiger partial charge in [-0.2, -0.15) is 13.2 Å². The Morgan fingerprint density at radius 3 is 2.27 bits per heavy atom. The van der Waals surface area contributed by atoms with Crippen LogP contribution in [0.15, 0.2) is 24.0 Å². The normalized spacial score (nSPS) is 17.1. The van der Waals surface area contributed by atoms with Gasteiger partial charge in [0.25, 0.3) is 0 Å². The number of anilines is 1. The zero-order valence-corrected chi connectivity index (χ0v) is 15.9. The van der Waals surface area contributed by atoms with Gasteiger partial charge in [-0.3, -0.25) is 0 Å². The molecule has 0 radical (unpaired) electrons. The van der Waals surface area contributed by atoms with Crippen LogP contribution < -0.4 is 10.2 Å². The predicted octanol–water partition coefficient (Wildman–Crippen LogP) is 4.49. The highest BCUT2D eigenvalue weighted by atomic mass is 19.4. The Hall–Kier alpha value is -2.18. The molecule has 7 heteroatoms. The molecule has 0 saturated heterocycles. The summed E-state index contributed by atoms with van der Waals surface area (Å²) in [6, 6.07) is 1.97. The molecule has 0 aliphatic carbocycles. The maximum atomic E-state index is 13.4. The molecule has 0 fully saturated rings. The minimum atomic E-state index is -4.56. The topological polar surface area (TPSA) is 41.6 Å². The summed E-state index contributed by atoms with van der Waals surface area (Å²) < 4.78 is 44.8. The Morgan fingerprint density at radius 2 is 1.88 bits per heavy atom. The SMILES string of the molecule is CCN(C1=CNC1C(C)(C)C)c1cc(C(F)(F)F)cc(C(=O)OC)c1C. The van der Waals surface area contributed by atoms with E-state index in [2.05, 4.69) is 30.8 Å². The molecule has 1 aliphatic rings. The lowest BCUT2D eigenvalue weighted by Gasteiger charge is -2.45. The van der Waals surface area contributed by atoms with E-state index in [4.69, 9.17) is 0 Å². The number of halogens is 3. The monoisotopic (exact) mass is 370 g/mol. The van der Waals surface area contributed by atoms with Crippen molar-refractivity contribution in [1.29, 1.82) is 0 Å². The summed E-state index contributed by atoms with van der Waals surface area (Å²) in [4.78, 5) is 13.8. The molecule has 144 valence electrons. The number of methoxy groups -OCH3 is 1. The minimum absolute atomic E-state index is 0.0120. The number of alkyl halides is 3. The van der Waals surface area contributed by atoms with Gasteiger partial charge in [0.1, 0.15) is 0 Å². The Balaban J connectivity index is 2.61. The second-order valence-corrected chi connectivity index (χ2v) is 7.44. The van der Waals surface area contributed by atoms with Crippen molar-refractivity contribution in [3.8, 4) is 0 Å². The summed E-state index contributed by atoms with van der Waals surface area (Å²) in [7, 11) is 1.16. The summed E-state index contributed by atoms with van der Waals surface area (Å²) in [5.74, 6) is -0.779. The van der Waals surface area contributed by atoms with Gasteiger partial charge in [-0.25, -0.2) is 4.79 Å². The van der Waals surface area contributed by atoms with Gasteiger partial charge in [-0.05, 0) is 37.0 Å². The first kappa shape index (κ1) is 20.1. The molecule has 2 rings (SSSR count). The first-order valence-corrected chi connectivity index (χ1v) is 8.45. The zero-order valence-electron chi connectivity index (χ0n) is 15.9. The van der Waals surface area contributed by atoms with Gasteiger partial charge in [0.05, 0.1) is 30.0 Å². The number of ether oxygens (including phenoxy) is 1. The van der Waals surface area contributed by atoms with E-state index >= 15 is 0 Å². The smallest absolute Gasteiger partial charge is 0.416 e. The summed E-state index contributed by atoms with van der Waals surface area (Å²) in [5, 5.41) is 3.22. The lowest BCUT2D eigenvalue weighted by molar-refractivity contribution is -0.137. The Bertz CT molecular complexity index is 734. The van der Waals surface area contributed by atoms with E-state index in [1.807, 2.05) is 11.8 Å². The number of nitrogens with one attached hydrogen (secondary N) is 1. The predicted molar refractivity (Wildman–Crippen MR) is 95.0 cm³/mol. The number of nitrogens with zero attached hydrogens (tertiary/aromatic N) is 1. The lowest BCUT2D eigenvalue weighted by atomic mass is 9.81. The van der Waals surface area contributed by atoms with Crippen LogP contribution in [-0.2, 0) is 10.9 Å². The van der Waals surface area contributed by atoms with Crippen molar-refractivity contribution in [3.05, 3.63) is 40.7 Å². The number of likely N-dealkylation sites (N-methyl/N-ethyl adjacent to an activating group) is 1. The third-order valence-corrected chi connectivity index (χ3v) is 4.59. The molecule has 1 unspecified atom stereocenters. The van der Waals surface area contributed by atoms with Crippen LogP contribution in [0.3, 0.4) is 0 Å². The summed E-state index contributed by atoms with van der Waals surface area (Å²) in [5.41, 5.74) is 0.696. The van der Waals surface area contributed by atoms with Crippen LogP contribution in [0.4, 0.5) is 18.9 Å². The van der Waals surface area contributed by atoms with Gasteiger partial charge >= 0.3 is 12.1 Å². The summed E-state index contributed by atoms with van der Waals surface area (Å²) in [6.45, 7) is 10.2. The lowest BCUT2D eigenvalue weighted by Crippen LogP contribution is -2.52. The molecule has 1 N–H and O–H groups in total. The van der Waals surface area contributed by atoms with Crippen LogP contribution in [0.25, 0.3) is 0 Å². The second kappa shape index (κ2) is 6.85. The molecular weight excluding hydrogens is 345 g/mol. The standard InChI is InChI=1S/C19H25F3N2O2/c1-7-24(15-10-23-16(15)18(3,4)5)14-9-12(19(20,21)22)8-13(11(14)2)17(25)26-6/h8-10,16,23H,7H2,1-6H3. The van der Waals surface area contributed by atoms with Gasteiger partial charge < -0.3 is 15.0 Å². The van der Waals surface area contributed by atoms with Crippen molar-refractivity contribution in [1.82, 2.24) is 5.32 Å². The van der Waals surface area contributed by atoms with Gasteiger partial charge in [-0.15, -0.1) is 0 Å². The third-order valence-electron chi connectivity index (χ3n) is 4.59. The molecule has 0 bridgehead atoms. The average Bonchev–Trinajstić information content (AvgIpc) is 2.48. The maximum Gasteiger partial charge on any atom is 0.416 e. The van der Waals surface area contributed by atoms with Crippen LogP contribution in [0.2, 0.25) is 0 Å². The van der Waals surface area contributed by atoms with Gasteiger partial charge in [0.15, 0.2) is 0 Å². The van der Waals surface area contributed by atoms with Gasteiger partial charge in [0.2, 0.25) is 0 Å². The molecule has 0 spiro atoms. The van der Waals surface area contributed by atoms with Crippen LogP contribution >= 0.6 is 0 Å². The third kappa shape index (κ3) is 3.66. The molecule has 26 heavy (non-hydrogen) atoms. The average molecular weight is 370 g/mol. The van der Waals surface area contributed by atoms with Crippen molar-refractivity contribution in [3.63, 3.8) is 0 Å². The minimum Gasteiger partial charge on any atom is -0.465 e. The molecule has 1 aliphatic heterocycles. The van der Waals surface area contributed by atoms with Crippen molar-refractivity contribution in [2.75, 3.05) is 18.6 Å². The van der Waals surface area contributed by atoms with Crippen LogP contribution in [-0.4, -0.2) is 25.7 Å². The van der Waals surface area contributed by atoms with Crippen LogP contribution in [0.1, 0.15) is 49.2 Å². The zero-order chi connectivity index (χ0) is 19.9. The van der Waals surface area contributed by atoms with E-state index in [0.717, 1.165) is 24.9 Å². The van der Waals surface area contributed by atoms with E-state index in [1.165, 1.54) is 0 Å². The van der Waals surface area contributed by atoms with Crippen molar-refractivity contribution in [2.45, 2.75) is 46.8 Å². The van der Waals surface area contributed by atoms with Crippen molar-refractivity contribution in [2.24, 2.45) is 5.41 Å². The fourth-order valence-corrected chi connectivity index (χ4v) is 3.13. The fraction of sp³-hybridized carbons (Fsp3) is 0.526. The first-order valence-electron chi connectivity index (χ1n) is 8.45. The quantitative estimate of drug-likeness (QED) is 0.793. The van der Waals surface area contributed by atoms with E-state index in [0.29, 0.717) is 17.8 Å². The van der Waals surface area contributed by atoms with E-state index in [-0.39, 0.29) is 17.0 Å². The molecule has 1 atom stereocenters. The molecule has 4 nitrogen and oxygen atoms in total. The second-order valence-electron chi connectivity index (χ2n) is 7.44. The van der Waals surface area contributed by atoms with E-state index in [1.54, 1.807) is 13.1 Å². The van der Waals surface area contributed by atoms with Crippen molar-refractivity contribution >= 4 is 11.7 Å². The fourth-order valence-electron chi connectivity index (χ4n) is 3.13. The highest BCUT2D eigenvalue weighted by Crippen LogP contribution is 2.39. The molecule has 0 aromatic heterocycles. The number of rotatable bonds is 4. The van der Waals surface area contributed by atoms with Crippen LogP contribution in [0.5, 0.6) is 0 Å². The molecule has 0 saturated carbocycles. The first-order chi connectivity index (χ1) is 11.9. The van der Waals surface area contributed by atoms with E-state index in [9.17, 15) is 18.0 Å². The molecular formula is C19H25F3N2O2. The molecule has 0 amide bonds. The Morgan fingerprint density at radius 1 is 1.27 bits per heavy atom. The van der Waals surface area contributed by atoms with E-state index < -0.39 is 17.7 Å². The highest BCUT2D eigenvalue weighted by Gasteiger charge is 2.38. The molecule has 1 aromatic carbocycles. The Kier molecular flexibility index (Phi) is 5.31. The molecule has 1 aromatic rings.